The SMILES string of the molecule is COC[C@@H](F)CN(CCCCc1ccc2c(n1)NCCC2)CC[C@H](Nc1ccc(-c2ccccc2)cn1)C(=O)O. The molecule has 0 saturated carbocycles. The zero-order valence-corrected chi connectivity index (χ0v) is 23.2. The Kier molecular flexibility index (Phi) is 11.2. The number of rotatable bonds is 16. The van der Waals surface area contributed by atoms with E-state index in [1.54, 1.807) is 12.3 Å². The van der Waals surface area contributed by atoms with E-state index in [9.17, 15) is 14.3 Å². The van der Waals surface area contributed by atoms with E-state index < -0.39 is 18.2 Å². The van der Waals surface area contributed by atoms with E-state index in [-0.39, 0.29) is 13.2 Å². The number of methoxy groups -OCH3 is 1. The molecular weight excluding hydrogens is 509 g/mol. The van der Waals surface area contributed by atoms with Crippen molar-refractivity contribution in [1.29, 1.82) is 0 Å². The molecule has 3 N–H and O–H groups in total. The second kappa shape index (κ2) is 15.3. The van der Waals surface area contributed by atoms with Crippen molar-refractivity contribution in [3.8, 4) is 11.1 Å². The van der Waals surface area contributed by atoms with Crippen molar-refractivity contribution >= 4 is 17.6 Å². The van der Waals surface area contributed by atoms with E-state index in [1.165, 1.54) is 12.7 Å². The third-order valence-corrected chi connectivity index (χ3v) is 7.14. The molecule has 2 atom stereocenters. The summed E-state index contributed by atoms with van der Waals surface area (Å²) in [4.78, 5) is 23.2. The Balaban J connectivity index is 1.29. The number of anilines is 2. The van der Waals surface area contributed by atoms with E-state index in [0.29, 0.717) is 25.3 Å². The van der Waals surface area contributed by atoms with E-state index in [4.69, 9.17) is 9.72 Å². The lowest BCUT2D eigenvalue weighted by Gasteiger charge is -2.26. The summed E-state index contributed by atoms with van der Waals surface area (Å²) in [5, 5.41) is 16.3. The lowest BCUT2D eigenvalue weighted by molar-refractivity contribution is -0.138. The first-order valence-electron chi connectivity index (χ1n) is 14.1. The van der Waals surface area contributed by atoms with E-state index in [1.807, 2.05) is 41.3 Å². The van der Waals surface area contributed by atoms with Crippen LogP contribution in [-0.2, 0) is 22.4 Å². The summed E-state index contributed by atoms with van der Waals surface area (Å²) < 4.78 is 19.5. The average Bonchev–Trinajstić information content (AvgIpc) is 2.98. The van der Waals surface area contributed by atoms with Gasteiger partial charge in [0.15, 0.2) is 0 Å². The largest absolute Gasteiger partial charge is 0.480 e. The molecule has 0 saturated heterocycles. The van der Waals surface area contributed by atoms with Gasteiger partial charge in [0.25, 0.3) is 0 Å². The van der Waals surface area contributed by atoms with Crippen LogP contribution in [0.2, 0.25) is 0 Å². The average molecular weight is 550 g/mol. The molecule has 0 radical (unpaired) electrons. The predicted molar refractivity (Wildman–Crippen MR) is 157 cm³/mol. The first-order chi connectivity index (χ1) is 19.5. The van der Waals surface area contributed by atoms with Gasteiger partial charge in [0, 0.05) is 44.2 Å². The highest BCUT2D eigenvalue weighted by molar-refractivity contribution is 5.77. The van der Waals surface area contributed by atoms with Crippen LogP contribution >= 0.6 is 0 Å². The van der Waals surface area contributed by atoms with Crippen LogP contribution < -0.4 is 10.6 Å². The summed E-state index contributed by atoms with van der Waals surface area (Å²) in [6.07, 6.45) is 5.74. The number of hydrogen-bond acceptors (Lipinski definition) is 7. The van der Waals surface area contributed by atoms with Crippen molar-refractivity contribution in [2.75, 3.05) is 50.5 Å². The van der Waals surface area contributed by atoms with Gasteiger partial charge in [-0.2, -0.15) is 0 Å². The molecule has 1 aromatic carbocycles. The van der Waals surface area contributed by atoms with Crippen LogP contribution in [-0.4, -0.2) is 78.1 Å². The number of carboxylic acid groups (broad SMARTS) is 1. The van der Waals surface area contributed by atoms with Gasteiger partial charge in [-0.25, -0.2) is 19.2 Å². The molecule has 214 valence electrons. The number of nitrogens with zero attached hydrogens (tertiary/aromatic N) is 3. The van der Waals surface area contributed by atoms with Crippen molar-refractivity contribution < 1.29 is 19.0 Å². The lowest BCUT2D eigenvalue weighted by Crippen LogP contribution is -2.38. The maximum atomic E-state index is 14.5. The van der Waals surface area contributed by atoms with Crippen molar-refractivity contribution in [3.63, 3.8) is 0 Å². The quantitative estimate of drug-likeness (QED) is 0.213. The second-order valence-corrected chi connectivity index (χ2v) is 10.3. The zero-order chi connectivity index (χ0) is 28.2. The molecule has 8 nitrogen and oxygen atoms in total. The lowest BCUT2D eigenvalue weighted by atomic mass is 10.1. The monoisotopic (exact) mass is 549 g/mol. The number of nitrogens with one attached hydrogen (secondary N) is 2. The number of fused-ring (bicyclic) bond motifs is 1. The number of pyridine rings is 2. The Labute approximate surface area is 236 Å². The van der Waals surface area contributed by atoms with Gasteiger partial charge in [-0.1, -0.05) is 36.4 Å². The molecule has 0 unspecified atom stereocenters. The number of unbranched alkanes of at least 4 members (excludes halogenated alkanes) is 1. The Morgan fingerprint density at radius 2 is 1.98 bits per heavy atom. The minimum absolute atomic E-state index is 0.0147. The van der Waals surface area contributed by atoms with Gasteiger partial charge in [0.05, 0.1) is 6.61 Å². The Morgan fingerprint density at radius 3 is 2.73 bits per heavy atom. The topological polar surface area (TPSA) is 99.6 Å². The molecule has 0 fully saturated rings. The third-order valence-electron chi connectivity index (χ3n) is 7.14. The highest BCUT2D eigenvalue weighted by Crippen LogP contribution is 2.21. The number of carbonyl (C=O) groups is 1. The van der Waals surface area contributed by atoms with E-state index >= 15 is 0 Å². The van der Waals surface area contributed by atoms with Crippen molar-refractivity contribution in [3.05, 3.63) is 72.1 Å². The molecule has 9 heteroatoms. The maximum Gasteiger partial charge on any atom is 0.326 e. The predicted octanol–water partition coefficient (Wildman–Crippen LogP) is 5.07. The fourth-order valence-electron chi connectivity index (χ4n) is 4.99. The van der Waals surface area contributed by atoms with Crippen LogP contribution in [0.3, 0.4) is 0 Å². The minimum Gasteiger partial charge on any atom is -0.480 e. The molecule has 40 heavy (non-hydrogen) atoms. The van der Waals surface area contributed by atoms with Crippen molar-refractivity contribution in [1.82, 2.24) is 14.9 Å². The van der Waals surface area contributed by atoms with Crippen LogP contribution in [0.1, 0.15) is 36.9 Å². The Morgan fingerprint density at radius 1 is 1.12 bits per heavy atom. The van der Waals surface area contributed by atoms with Crippen LogP contribution in [0.4, 0.5) is 16.0 Å². The highest BCUT2D eigenvalue weighted by Gasteiger charge is 2.21. The summed E-state index contributed by atoms with van der Waals surface area (Å²) in [5.74, 6) is 0.532. The van der Waals surface area contributed by atoms with Gasteiger partial charge in [0.1, 0.15) is 23.8 Å². The van der Waals surface area contributed by atoms with Crippen molar-refractivity contribution in [2.24, 2.45) is 0 Å². The number of halogens is 1. The molecule has 3 aromatic rings. The fraction of sp³-hybridized carbons (Fsp3) is 0.452. The first kappa shape index (κ1) is 29.4. The Bertz CT molecular complexity index is 1200. The normalized spacial score (nSPS) is 14.3. The van der Waals surface area contributed by atoms with Crippen LogP contribution in [0.5, 0.6) is 0 Å². The number of aliphatic carboxylic acids is 1. The molecule has 1 aliphatic heterocycles. The van der Waals surface area contributed by atoms with Crippen LogP contribution in [0.15, 0.2) is 60.8 Å². The maximum absolute atomic E-state index is 14.5. The molecule has 3 heterocycles. The molecule has 0 aliphatic carbocycles. The number of ether oxygens (including phenoxy) is 1. The molecule has 2 aromatic heterocycles. The second-order valence-electron chi connectivity index (χ2n) is 10.3. The van der Waals surface area contributed by atoms with Crippen LogP contribution in [0.25, 0.3) is 11.1 Å². The summed E-state index contributed by atoms with van der Waals surface area (Å²) in [6.45, 7) is 2.29. The van der Waals surface area contributed by atoms with Gasteiger partial charge in [-0.15, -0.1) is 0 Å². The molecule has 1 aliphatic rings. The number of aromatic nitrogens is 2. The standard InChI is InChI=1S/C31H40FN5O3/c1-40-22-26(32)21-37(18-6-5-11-27-14-12-24-10-7-17-33-30(24)35-27)19-16-28(31(38)39)36-29-15-13-25(20-34-29)23-8-3-2-4-9-23/h2-4,8-9,12-15,20,26,28H,5-7,10-11,16-19,21-22H2,1H3,(H,33,35)(H,34,36)(H,38,39)/t26-,28-/m0/s1. The fourth-order valence-corrected chi connectivity index (χ4v) is 4.99. The number of alkyl halides is 1. The Hall–Kier alpha value is -3.56. The third kappa shape index (κ3) is 8.99. The minimum atomic E-state index is -1.14. The van der Waals surface area contributed by atoms with E-state index in [0.717, 1.165) is 61.3 Å². The van der Waals surface area contributed by atoms with Crippen molar-refractivity contribution in [2.45, 2.75) is 50.7 Å². The van der Waals surface area contributed by atoms with Crippen LogP contribution in [0, 0.1) is 0 Å². The highest BCUT2D eigenvalue weighted by atomic mass is 19.1. The number of benzene rings is 1. The summed E-state index contributed by atoms with van der Waals surface area (Å²) >= 11 is 0. The first-order valence-corrected chi connectivity index (χ1v) is 14.1. The van der Waals surface area contributed by atoms with Gasteiger partial charge < -0.3 is 25.4 Å². The molecular formula is C31H40FN5O3. The van der Waals surface area contributed by atoms with Gasteiger partial charge in [-0.3, -0.25) is 0 Å². The van der Waals surface area contributed by atoms with Gasteiger partial charge >= 0.3 is 5.97 Å². The number of aryl methyl sites for hydroxylation is 2. The summed E-state index contributed by atoms with van der Waals surface area (Å²) in [5.41, 5.74) is 4.33. The zero-order valence-electron chi connectivity index (χ0n) is 23.2. The number of carboxylic acids is 1. The van der Waals surface area contributed by atoms with Gasteiger partial charge in [0.2, 0.25) is 0 Å². The summed E-state index contributed by atoms with van der Waals surface area (Å²) in [6, 6.07) is 17.0. The van der Waals surface area contributed by atoms with E-state index in [2.05, 4.69) is 27.8 Å². The number of hydrogen-bond donors (Lipinski definition) is 3. The molecule has 4 rings (SSSR count). The smallest absolute Gasteiger partial charge is 0.326 e. The summed E-state index contributed by atoms with van der Waals surface area (Å²) in [7, 11) is 1.48. The van der Waals surface area contributed by atoms with Gasteiger partial charge in [-0.05, 0) is 74.4 Å². The molecule has 0 bridgehead atoms. The molecule has 0 amide bonds. The molecule has 0 spiro atoms.